The molecule has 0 radical (unpaired) electrons. The first-order chi connectivity index (χ1) is 18.5. The molecule has 0 amide bonds. The molecule has 0 heterocycles. The van der Waals surface area contributed by atoms with Crippen molar-refractivity contribution >= 4 is 6.29 Å². The van der Waals surface area contributed by atoms with Crippen molar-refractivity contribution in [1.82, 2.24) is 0 Å². The number of carbonyl (C=O) groups is 1. The molecule has 2 aliphatic carbocycles. The maximum Gasteiger partial charge on any atom is 0.145 e. The van der Waals surface area contributed by atoms with Crippen molar-refractivity contribution in [2.75, 3.05) is 19.8 Å². The Morgan fingerprint density at radius 1 is 1.10 bits per heavy atom. The highest BCUT2D eigenvalue weighted by atomic mass is 16.3. The summed E-state index contributed by atoms with van der Waals surface area (Å²) in [6.45, 7) is 11.6. The summed E-state index contributed by atoms with van der Waals surface area (Å²) in [5, 5.41) is 53.5. The van der Waals surface area contributed by atoms with E-state index in [1.165, 1.54) is 5.57 Å². The van der Waals surface area contributed by atoms with E-state index in [0.717, 1.165) is 30.3 Å². The molecule has 0 aliphatic heterocycles. The Kier molecular flexibility index (Phi) is 13.0. The van der Waals surface area contributed by atoms with E-state index in [0.29, 0.717) is 56.1 Å². The summed E-state index contributed by atoms with van der Waals surface area (Å²) in [5.74, 6) is -0.729. The highest BCUT2D eigenvalue weighted by Crippen LogP contribution is 2.64. The molecule has 1 spiro atoms. The van der Waals surface area contributed by atoms with Crippen LogP contribution in [0, 0.1) is 23.2 Å². The zero-order chi connectivity index (χ0) is 29.2. The van der Waals surface area contributed by atoms with Crippen LogP contribution in [0.25, 0.3) is 0 Å². The molecule has 0 saturated heterocycles. The number of allylic oxidation sites excluding steroid dienone is 8. The van der Waals surface area contributed by atoms with Crippen LogP contribution in [0.1, 0.15) is 85.5 Å². The highest BCUT2D eigenvalue weighted by molar-refractivity contribution is 5.74. The summed E-state index contributed by atoms with van der Waals surface area (Å²) >= 11 is 0. The highest BCUT2D eigenvalue weighted by Gasteiger charge is 2.65. The lowest BCUT2D eigenvalue weighted by Gasteiger charge is -2.58. The Hall–Kier alpha value is -1.83. The molecular formula is C33H52O6. The molecule has 5 N–H and O–H groups in total. The van der Waals surface area contributed by atoms with Crippen LogP contribution in [0.5, 0.6) is 0 Å². The van der Waals surface area contributed by atoms with E-state index in [-0.39, 0.29) is 37.6 Å². The summed E-state index contributed by atoms with van der Waals surface area (Å²) < 4.78 is 0. The van der Waals surface area contributed by atoms with Crippen molar-refractivity contribution in [3.8, 4) is 0 Å². The summed E-state index contributed by atoms with van der Waals surface area (Å²) in [6, 6.07) is 0. The number of aliphatic hydroxyl groups excluding tert-OH is 4. The number of aliphatic hydroxyl groups is 5. The van der Waals surface area contributed by atoms with Gasteiger partial charge < -0.3 is 25.5 Å². The monoisotopic (exact) mass is 544 g/mol. The fraction of sp³-hybridized carbons (Fsp3) is 0.667. The lowest BCUT2D eigenvalue weighted by Crippen LogP contribution is -2.61. The van der Waals surface area contributed by atoms with Gasteiger partial charge in [-0.15, -0.1) is 0 Å². The summed E-state index contributed by atoms with van der Waals surface area (Å²) in [5.41, 5.74) is 2.37. The molecule has 39 heavy (non-hydrogen) atoms. The van der Waals surface area contributed by atoms with Crippen molar-refractivity contribution in [1.29, 1.82) is 0 Å². The number of carbonyl (C=O) groups excluding carboxylic acids is 1. The van der Waals surface area contributed by atoms with Crippen molar-refractivity contribution in [3.63, 3.8) is 0 Å². The molecule has 2 aliphatic rings. The van der Waals surface area contributed by atoms with Crippen molar-refractivity contribution < 1.29 is 30.3 Å². The minimum Gasteiger partial charge on any atom is -0.396 e. The summed E-state index contributed by atoms with van der Waals surface area (Å²) in [7, 11) is 0. The predicted molar refractivity (Wildman–Crippen MR) is 157 cm³/mol. The van der Waals surface area contributed by atoms with Gasteiger partial charge in [0.2, 0.25) is 0 Å². The SMILES string of the molecule is C=C(/C=C/C=C(/CO)[C@H]1CC[C@@]2([C@H](CCCO)/C(=C(\C)C=O)[C@H](CCCO)C[C@@]2(C)O)[C@@H]1O)CCC=C(C)C. The largest absolute Gasteiger partial charge is 0.396 e. The fourth-order valence-electron chi connectivity index (χ4n) is 7.33. The smallest absolute Gasteiger partial charge is 0.145 e. The Morgan fingerprint density at radius 2 is 1.77 bits per heavy atom. The minimum absolute atomic E-state index is 0.0208. The van der Waals surface area contributed by atoms with Crippen molar-refractivity contribution in [2.45, 2.75) is 97.2 Å². The van der Waals surface area contributed by atoms with Gasteiger partial charge in [0, 0.05) is 24.5 Å². The van der Waals surface area contributed by atoms with Gasteiger partial charge in [-0.3, -0.25) is 4.79 Å². The van der Waals surface area contributed by atoms with E-state index in [2.05, 4.69) is 26.5 Å². The van der Waals surface area contributed by atoms with Crippen molar-refractivity contribution in [2.24, 2.45) is 23.2 Å². The van der Waals surface area contributed by atoms with Crippen LogP contribution in [0.4, 0.5) is 0 Å². The van der Waals surface area contributed by atoms with Gasteiger partial charge in [-0.25, -0.2) is 0 Å². The molecule has 2 rings (SSSR count). The first kappa shape index (κ1) is 33.4. The van der Waals surface area contributed by atoms with Crippen molar-refractivity contribution in [3.05, 3.63) is 58.7 Å². The zero-order valence-electron chi connectivity index (χ0n) is 24.5. The van der Waals surface area contributed by atoms with Crippen LogP contribution in [0.3, 0.4) is 0 Å². The Morgan fingerprint density at radius 3 is 2.36 bits per heavy atom. The Bertz CT molecular complexity index is 951. The molecule has 6 atom stereocenters. The number of hydrogen-bond acceptors (Lipinski definition) is 6. The van der Waals surface area contributed by atoms with E-state index in [1.807, 2.05) is 18.2 Å². The second-order valence-electron chi connectivity index (χ2n) is 12.1. The van der Waals surface area contributed by atoms with E-state index >= 15 is 0 Å². The van der Waals surface area contributed by atoms with Gasteiger partial charge in [0.1, 0.15) is 6.29 Å². The number of aldehydes is 1. The average Bonchev–Trinajstić information content (AvgIpc) is 3.23. The quantitative estimate of drug-likeness (QED) is 0.0912. The Balaban J connectivity index is 2.45. The molecule has 0 aromatic carbocycles. The molecule has 220 valence electrons. The van der Waals surface area contributed by atoms with E-state index in [1.54, 1.807) is 13.8 Å². The zero-order valence-corrected chi connectivity index (χ0v) is 24.5. The molecule has 6 nitrogen and oxygen atoms in total. The van der Waals surface area contributed by atoms with Gasteiger partial charge in [0.05, 0.1) is 18.3 Å². The second-order valence-corrected chi connectivity index (χ2v) is 12.1. The van der Waals surface area contributed by atoms with E-state index < -0.39 is 17.1 Å². The van der Waals surface area contributed by atoms with Crippen LogP contribution in [0.2, 0.25) is 0 Å². The first-order valence-electron chi connectivity index (χ1n) is 14.6. The third kappa shape index (κ3) is 7.68. The third-order valence-corrected chi connectivity index (χ3v) is 9.17. The normalized spacial score (nSPS) is 32.6. The summed E-state index contributed by atoms with van der Waals surface area (Å²) in [4.78, 5) is 12.0. The Labute approximate surface area is 235 Å². The molecule has 0 aromatic heterocycles. The van der Waals surface area contributed by atoms with Gasteiger partial charge in [-0.2, -0.15) is 0 Å². The minimum atomic E-state index is -1.23. The molecule has 0 bridgehead atoms. The van der Waals surface area contributed by atoms with Gasteiger partial charge in [0.25, 0.3) is 0 Å². The van der Waals surface area contributed by atoms with Crippen LogP contribution in [0.15, 0.2) is 58.7 Å². The lowest BCUT2D eigenvalue weighted by molar-refractivity contribution is -0.177. The standard InChI is InChI=1S/C33H52O6/c1-23(2)10-6-11-24(3)12-7-13-27(22-37)28-16-17-33(31(28)38)29(15-9-19-35)30(25(4)21-36)26(14-8-18-34)20-32(33,5)39/h7,10,12-13,21,26,28-29,31,34-35,37-39H,3,6,8-9,11,14-20,22H2,1-2,4-5H3/b12-7+,27-13-,30-25+/t26-,28-,29-,31-,32-,33-/m1/s1. The molecule has 0 aromatic rings. The van der Waals surface area contributed by atoms with Gasteiger partial charge >= 0.3 is 0 Å². The number of hydrogen-bond donors (Lipinski definition) is 5. The van der Waals surface area contributed by atoms with E-state index in [4.69, 9.17) is 0 Å². The predicted octanol–water partition coefficient (Wildman–Crippen LogP) is 4.97. The van der Waals surface area contributed by atoms with Crippen LogP contribution >= 0.6 is 0 Å². The molecule has 6 heteroatoms. The summed E-state index contributed by atoms with van der Waals surface area (Å²) in [6.07, 6.45) is 13.3. The average molecular weight is 545 g/mol. The van der Waals surface area contributed by atoms with Gasteiger partial charge in [-0.1, -0.05) is 47.6 Å². The third-order valence-electron chi connectivity index (χ3n) is 9.17. The first-order valence-corrected chi connectivity index (χ1v) is 14.6. The van der Waals surface area contributed by atoms with Crippen LogP contribution < -0.4 is 0 Å². The maximum absolute atomic E-state index is 12.0. The lowest BCUT2D eigenvalue weighted by atomic mass is 9.49. The van der Waals surface area contributed by atoms with E-state index in [9.17, 15) is 30.3 Å². The van der Waals surface area contributed by atoms with Gasteiger partial charge in [0.15, 0.2) is 0 Å². The molecule has 2 fully saturated rings. The molecular weight excluding hydrogens is 492 g/mol. The van der Waals surface area contributed by atoms with Gasteiger partial charge in [-0.05, 0) is 108 Å². The molecule has 2 saturated carbocycles. The molecule has 0 unspecified atom stereocenters. The topological polar surface area (TPSA) is 118 Å². The van der Waals surface area contributed by atoms with Crippen LogP contribution in [-0.2, 0) is 4.79 Å². The maximum atomic E-state index is 12.0. The fourth-order valence-corrected chi connectivity index (χ4v) is 7.33. The van der Waals surface area contributed by atoms with Crippen LogP contribution in [-0.4, -0.2) is 63.3 Å². The number of rotatable bonds is 14. The second kappa shape index (κ2) is 15.2.